The number of carbonyl (C=O) groups is 2. The van der Waals surface area contributed by atoms with Crippen LogP contribution in [0.2, 0.25) is 0 Å². The van der Waals surface area contributed by atoms with E-state index in [1.54, 1.807) is 48.5 Å². The van der Waals surface area contributed by atoms with Gasteiger partial charge in [-0.1, -0.05) is 24.3 Å². The van der Waals surface area contributed by atoms with Crippen molar-refractivity contribution in [3.63, 3.8) is 0 Å². The number of nitrogen functional groups attached to an aromatic ring is 1. The minimum Gasteiger partial charge on any atom is -0.399 e. The van der Waals surface area contributed by atoms with E-state index in [1.165, 1.54) is 4.90 Å². The van der Waals surface area contributed by atoms with Crippen LogP contribution in [0.4, 0.5) is 11.4 Å². The Bertz CT molecular complexity index is 894. The first-order valence-corrected chi connectivity index (χ1v) is 9.04. The summed E-state index contributed by atoms with van der Waals surface area (Å²) in [5.74, 6) is 6.23. The van der Waals surface area contributed by atoms with Crippen LogP contribution < -0.4 is 21.8 Å². The normalized spacial score (nSPS) is 12.0. The molecule has 7 nitrogen and oxygen atoms in total. The molecule has 0 heterocycles. The summed E-state index contributed by atoms with van der Waals surface area (Å²) in [6, 6.07) is 12.7. The van der Waals surface area contributed by atoms with E-state index in [4.69, 9.17) is 18.1 Å². The highest BCUT2D eigenvalue weighted by atomic mass is 16.6. The van der Waals surface area contributed by atoms with Crippen molar-refractivity contribution in [2.24, 2.45) is 5.90 Å². The Morgan fingerprint density at radius 2 is 1.72 bits per heavy atom. The number of terminal acetylenes is 1. The number of anilines is 2. The second kappa shape index (κ2) is 9.24. The zero-order valence-corrected chi connectivity index (χ0v) is 16.8. The van der Waals surface area contributed by atoms with Crippen molar-refractivity contribution in [1.29, 1.82) is 0 Å². The molecule has 2 amide bonds. The van der Waals surface area contributed by atoms with Crippen molar-refractivity contribution in [2.45, 2.75) is 39.0 Å². The molecular formula is C22H26N4O3. The molecule has 0 aliphatic carbocycles. The van der Waals surface area contributed by atoms with Crippen LogP contribution in [-0.2, 0) is 21.0 Å². The third-order valence-corrected chi connectivity index (χ3v) is 4.06. The Labute approximate surface area is 171 Å². The lowest BCUT2D eigenvalue weighted by Gasteiger charge is -2.32. The topological polar surface area (TPSA) is 111 Å². The van der Waals surface area contributed by atoms with Crippen molar-refractivity contribution in [3.8, 4) is 12.3 Å². The highest BCUT2D eigenvalue weighted by Crippen LogP contribution is 2.29. The molecule has 0 aromatic heterocycles. The van der Waals surface area contributed by atoms with Crippen LogP contribution >= 0.6 is 0 Å². The lowest BCUT2D eigenvalue weighted by atomic mass is 10.00. The average Bonchev–Trinajstić information content (AvgIpc) is 2.66. The molecule has 0 radical (unpaired) electrons. The van der Waals surface area contributed by atoms with Gasteiger partial charge in [-0.15, -0.1) is 6.42 Å². The molecule has 0 aliphatic heterocycles. The van der Waals surface area contributed by atoms with Crippen LogP contribution in [-0.4, -0.2) is 17.4 Å². The van der Waals surface area contributed by atoms with E-state index in [9.17, 15) is 9.59 Å². The molecule has 0 spiro atoms. The molecule has 2 aromatic rings. The predicted molar refractivity (Wildman–Crippen MR) is 113 cm³/mol. The Balaban J connectivity index is 2.57. The molecule has 0 aliphatic rings. The number of benzene rings is 2. The number of hydrogen-bond acceptors (Lipinski definition) is 5. The van der Waals surface area contributed by atoms with Crippen LogP contribution in [0.5, 0.6) is 0 Å². The number of hydrogen-bond donors (Lipinski definition) is 3. The fraction of sp³-hybridized carbons (Fsp3) is 0.273. The maximum absolute atomic E-state index is 13.2. The second-order valence-corrected chi connectivity index (χ2v) is 7.61. The monoisotopic (exact) mass is 394 g/mol. The van der Waals surface area contributed by atoms with Crippen LogP contribution in [0.3, 0.4) is 0 Å². The second-order valence-electron chi connectivity index (χ2n) is 7.61. The Hall–Kier alpha value is -3.34. The van der Waals surface area contributed by atoms with Gasteiger partial charge in [0.1, 0.15) is 6.04 Å². The van der Waals surface area contributed by atoms with Gasteiger partial charge in [0.25, 0.3) is 0 Å². The highest BCUT2D eigenvalue weighted by molar-refractivity contribution is 6.09. The van der Waals surface area contributed by atoms with E-state index in [2.05, 4.69) is 16.1 Å². The first kappa shape index (κ1) is 22.0. The van der Waals surface area contributed by atoms with Gasteiger partial charge >= 0.3 is 5.91 Å². The number of carbonyl (C=O) groups excluding carboxylic acids is 2. The summed E-state index contributed by atoms with van der Waals surface area (Å²) in [7, 11) is 0. The van der Waals surface area contributed by atoms with Gasteiger partial charge in [-0.25, -0.2) is 5.90 Å². The molecule has 2 aromatic carbocycles. The number of rotatable bonds is 6. The number of nitrogens with two attached hydrogens (primary N) is 2. The van der Waals surface area contributed by atoms with Gasteiger partial charge in [-0.2, -0.15) is 0 Å². The van der Waals surface area contributed by atoms with E-state index < -0.39 is 17.5 Å². The SMILES string of the molecule is C#CC(=O)N(c1ccc(CON)cc1)C(C(=O)NC(C)(C)C)c1ccc(N)cc1. The molecule has 5 N–H and O–H groups in total. The van der Waals surface area contributed by atoms with Crippen molar-refractivity contribution in [1.82, 2.24) is 5.32 Å². The molecule has 0 bridgehead atoms. The Morgan fingerprint density at radius 3 is 2.21 bits per heavy atom. The van der Waals surface area contributed by atoms with Gasteiger partial charge in [0.15, 0.2) is 0 Å². The maximum Gasteiger partial charge on any atom is 0.303 e. The minimum absolute atomic E-state index is 0.218. The van der Waals surface area contributed by atoms with Crippen LogP contribution in [0.15, 0.2) is 48.5 Å². The molecular weight excluding hydrogens is 368 g/mol. The molecule has 152 valence electrons. The molecule has 0 saturated carbocycles. The van der Waals surface area contributed by atoms with Crippen molar-refractivity contribution in [2.75, 3.05) is 10.6 Å². The first-order valence-electron chi connectivity index (χ1n) is 9.04. The van der Waals surface area contributed by atoms with Crippen LogP contribution in [0.25, 0.3) is 0 Å². The van der Waals surface area contributed by atoms with E-state index in [0.29, 0.717) is 16.9 Å². The van der Waals surface area contributed by atoms with E-state index in [0.717, 1.165) is 5.56 Å². The maximum atomic E-state index is 13.2. The molecule has 0 fully saturated rings. The van der Waals surface area contributed by atoms with Gasteiger partial charge in [-0.05, 0) is 62.1 Å². The zero-order valence-electron chi connectivity index (χ0n) is 16.8. The van der Waals surface area contributed by atoms with Gasteiger partial charge in [0.05, 0.1) is 6.61 Å². The smallest absolute Gasteiger partial charge is 0.303 e. The summed E-state index contributed by atoms with van der Waals surface area (Å²) in [5, 5.41) is 2.92. The first-order chi connectivity index (χ1) is 13.7. The van der Waals surface area contributed by atoms with Crippen LogP contribution in [0, 0.1) is 12.3 Å². The lowest BCUT2D eigenvalue weighted by Crippen LogP contribution is -2.49. The van der Waals surface area contributed by atoms with Crippen LogP contribution in [0.1, 0.15) is 37.9 Å². The van der Waals surface area contributed by atoms with E-state index in [-0.39, 0.29) is 12.5 Å². The summed E-state index contributed by atoms with van der Waals surface area (Å²) in [6.45, 7) is 5.80. The van der Waals surface area contributed by atoms with Crippen molar-refractivity contribution >= 4 is 23.2 Å². The average molecular weight is 394 g/mol. The van der Waals surface area contributed by atoms with E-state index in [1.807, 2.05) is 20.8 Å². The summed E-state index contributed by atoms with van der Waals surface area (Å²) >= 11 is 0. The van der Waals surface area contributed by atoms with Crippen molar-refractivity contribution < 1.29 is 14.4 Å². The standard InChI is InChI=1S/C22H26N4O3/c1-5-19(27)26(18-12-6-15(7-13-18)14-29-24)20(21(28)25-22(2,3)4)16-8-10-17(23)11-9-16/h1,6-13,20H,14,23-24H2,2-4H3,(H,25,28). The van der Waals surface area contributed by atoms with Gasteiger partial charge in [0.2, 0.25) is 5.91 Å². The molecule has 29 heavy (non-hydrogen) atoms. The zero-order chi connectivity index (χ0) is 21.6. The molecule has 1 atom stereocenters. The molecule has 7 heteroatoms. The number of amides is 2. The third-order valence-electron chi connectivity index (χ3n) is 4.06. The van der Waals surface area contributed by atoms with Gasteiger partial charge in [0, 0.05) is 16.9 Å². The number of nitrogens with zero attached hydrogens (tertiary/aromatic N) is 1. The minimum atomic E-state index is -0.977. The fourth-order valence-corrected chi connectivity index (χ4v) is 2.84. The Kier molecular flexibility index (Phi) is 6.99. The van der Waals surface area contributed by atoms with E-state index >= 15 is 0 Å². The summed E-state index contributed by atoms with van der Waals surface area (Å²) in [4.78, 5) is 31.8. The molecule has 0 saturated heterocycles. The molecule has 1 unspecified atom stereocenters. The summed E-state index contributed by atoms with van der Waals surface area (Å²) in [5.41, 5.74) is 7.70. The van der Waals surface area contributed by atoms with Gasteiger partial charge in [-0.3, -0.25) is 19.3 Å². The fourth-order valence-electron chi connectivity index (χ4n) is 2.84. The predicted octanol–water partition coefficient (Wildman–Crippen LogP) is 2.28. The summed E-state index contributed by atoms with van der Waals surface area (Å²) < 4.78 is 0. The lowest BCUT2D eigenvalue weighted by molar-refractivity contribution is -0.126. The third kappa shape index (κ3) is 5.82. The highest BCUT2D eigenvalue weighted by Gasteiger charge is 2.33. The Morgan fingerprint density at radius 1 is 1.14 bits per heavy atom. The quantitative estimate of drug-likeness (QED) is 0.395. The summed E-state index contributed by atoms with van der Waals surface area (Å²) in [6.07, 6.45) is 5.43. The molecule has 2 rings (SSSR count). The van der Waals surface area contributed by atoms with Gasteiger partial charge < -0.3 is 11.1 Å². The van der Waals surface area contributed by atoms with Crippen molar-refractivity contribution in [3.05, 3.63) is 59.7 Å². The number of nitrogens with one attached hydrogen (secondary N) is 1. The largest absolute Gasteiger partial charge is 0.399 e.